The van der Waals surface area contributed by atoms with E-state index in [2.05, 4.69) is 20.8 Å². The summed E-state index contributed by atoms with van der Waals surface area (Å²) in [5.41, 5.74) is 4.61. The highest BCUT2D eigenvalue weighted by Gasteiger charge is 2.55. The first-order chi connectivity index (χ1) is 11.0. The van der Waals surface area contributed by atoms with Crippen LogP contribution in [0.15, 0.2) is 22.8 Å². The molecule has 126 valence electrons. The van der Waals surface area contributed by atoms with Gasteiger partial charge in [-0.05, 0) is 75.2 Å². The van der Waals surface area contributed by atoms with E-state index in [1.807, 2.05) is 6.08 Å². The van der Waals surface area contributed by atoms with Gasteiger partial charge < -0.3 is 5.11 Å². The molecule has 6 atom stereocenters. The fourth-order valence-corrected chi connectivity index (χ4v) is 6.85. The predicted molar refractivity (Wildman–Crippen MR) is 91.9 cm³/mol. The number of rotatable bonds is 1. The molecule has 0 heterocycles. The first kappa shape index (κ1) is 15.6. The van der Waals surface area contributed by atoms with E-state index in [-0.39, 0.29) is 11.5 Å². The molecular formula is C21H30O2. The molecule has 0 radical (unpaired) electrons. The zero-order valence-corrected chi connectivity index (χ0v) is 14.8. The second-order valence-corrected chi connectivity index (χ2v) is 8.66. The van der Waals surface area contributed by atoms with Gasteiger partial charge >= 0.3 is 0 Å². The lowest BCUT2D eigenvalue weighted by Crippen LogP contribution is -2.47. The first-order valence-corrected chi connectivity index (χ1v) is 9.59. The normalized spacial score (nSPS) is 46.2. The van der Waals surface area contributed by atoms with Crippen LogP contribution in [0, 0.1) is 29.1 Å². The summed E-state index contributed by atoms with van der Waals surface area (Å²) >= 11 is 0. The molecule has 2 unspecified atom stereocenters. The summed E-state index contributed by atoms with van der Waals surface area (Å²) in [6, 6.07) is 0. The van der Waals surface area contributed by atoms with Gasteiger partial charge in [0.2, 0.25) is 0 Å². The molecule has 2 heteroatoms. The molecule has 0 aromatic rings. The Morgan fingerprint density at radius 1 is 1.30 bits per heavy atom. The van der Waals surface area contributed by atoms with Gasteiger partial charge in [0.15, 0.2) is 5.78 Å². The van der Waals surface area contributed by atoms with Gasteiger partial charge in [0, 0.05) is 11.8 Å². The monoisotopic (exact) mass is 314 g/mol. The molecule has 23 heavy (non-hydrogen) atoms. The topological polar surface area (TPSA) is 37.3 Å². The van der Waals surface area contributed by atoms with Crippen LogP contribution < -0.4 is 0 Å². The van der Waals surface area contributed by atoms with Crippen LogP contribution >= 0.6 is 0 Å². The van der Waals surface area contributed by atoms with E-state index in [4.69, 9.17) is 0 Å². The molecule has 0 spiro atoms. The Morgan fingerprint density at radius 2 is 2.09 bits per heavy atom. The second-order valence-electron chi connectivity index (χ2n) is 8.66. The third-order valence-corrected chi connectivity index (χ3v) is 7.69. The molecule has 2 saturated carbocycles. The van der Waals surface area contributed by atoms with Crippen LogP contribution in [0.25, 0.3) is 0 Å². The van der Waals surface area contributed by atoms with E-state index in [1.165, 1.54) is 24.0 Å². The Labute approximate surface area is 140 Å². The van der Waals surface area contributed by atoms with Crippen molar-refractivity contribution in [1.29, 1.82) is 0 Å². The van der Waals surface area contributed by atoms with Crippen LogP contribution in [-0.4, -0.2) is 17.0 Å². The molecule has 2 nitrogen and oxygen atoms in total. The fraction of sp³-hybridized carbons (Fsp3) is 0.762. The number of ketones is 1. The van der Waals surface area contributed by atoms with Crippen LogP contribution in [0.1, 0.15) is 65.7 Å². The fourth-order valence-electron chi connectivity index (χ4n) is 6.85. The minimum Gasteiger partial charge on any atom is -0.392 e. The molecule has 2 fully saturated rings. The van der Waals surface area contributed by atoms with Gasteiger partial charge in [-0.2, -0.15) is 0 Å². The number of hydrogen-bond acceptors (Lipinski definition) is 2. The lowest BCUT2D eigenvalue weighted by atomic mass is 9.51. The Hall–Kier alpha value is -0.890. The van der Waals surface area contributed by atoms with E-state index < -0.39 is 0 Å². The highest BCUT2D eigenvalue weighted by molar-refractivity contribution is 5.91. The third kappa shape index (κ3) is 2.06. The molecule has 4 aliphatic carbocycles. The molecule has 0 bridgehead atoms. The zero-order chi connectivity index (χ0) is 16.4. The van der Waals surface area contributed by atoms with Crippen LogP contribution in [0.3, 0.4) is 0 Å². The predicted octanol–water partition coefficient (Wildman–Crippen LogP) is 4.44. The number of fused-ring (bicyclic) bond motifs is 5. The molecule has 4 rings (SSSR count). The largest absolute Gasteiger partial charge is 0.392 e. The maximum absolute atomic E-state index is 11.9. The molecular weight excluding hydrogens is 284 g/mol. The van der Waals surface area contributed by atoms with Gasteiger partial charge in [0.05, 0.1) is 6.10 Å². The van der Waals surface area contributed by atoms with Gasteiger partial charge in [-0.3, -0.25) is 4.79 Å². The highest BCUT2D eigenvalue weighted by atomic mass is 16.3. The molecule has 0 amide bonds. The van der Waals surface area contributed by atoms with Gasteiger partial charge in [0.1, 0.15) is 0 Å². The Morgan fingerprint density at radius 3 is 2.83 bits per heavy atom. The highest BCUT2D eigenvalue weighted by Crippen LogP contribution is 2.62. The summed E-state index contributed by atoms with van der Waals surface area (Å²) in [5.74, 6) is 2.80. The smallest absolute Gasteiger partial charge is 0.155 e. The Bertz CT molecular complexity index is 599. The van der Waals surface area contributed by atoms with E-state index in [1.54, 1.807) is 5.57 Å². The molecule has 1 N–H and O–H groups in total. The van der Waals surface area contributed by atoms with Crippen molar-refractivity contribution in [2.24, 2.45) is 29.1 Å². The minimum atomic E-state index is -0.161. The standard InChI is InChI=1S/C21H30O2/c1-4-21-8-7-16-17(20(21)13(3)10-18(21)23)6-5-14-11-15(22)9-12(2)19(14)16/h11-12,16-19,23H,4-10H2,1-3H3/t12?,16-,17+,18?,19-,21+/m0/s1. The first-order valence-electron chi connectivity index (χ1n) is 9.59. The molecule has 4 aliphatic rings. The summed E-state index contributed by atoms with van der Waals surface area (Å²) in [5, 5.41) is 10.8. The number of aliphatic hydroxyl groups excluding tert-OH is 1. The van der Waals surface area contributed by atoms with Gasteiger partial charge in [-0.1, -0.05) is 30.6 Å². The summed E-state index contributed by atoms with van der Waals surface area (Å²) in [6.07, 6.45) is 9.16. The van der Waals surface area contributed by atoms with Crippen molar-refractivity contribution in [2.75, 3.05) is 0 Å². The molecule has 0 saturated heterocycles. The second kappa shape index (κ2) is 5.31. The van der Waals surface area contributed by atoms with Crippen molar-refractivity contribution in [3.8, 4) is 0 Å². The van der Waals surface area contributed by atoms with Crippen molar-refractivity contribution >= 4 is 5.78 Å². The Balaban J connectivity index is 1.74. The van der Waals surface area contributed by atoms with Crippen LogP contribution in [0.4, 0.5) is 0 Å². The van der Waals surface area contributed by atoms with Gasteiger partial charge in [-0.15, -0.1) is 0 Å². The van der Waals surface area contributed by atoms with Crippen molar-refractivity contribution in [1.82, 2.24) is 0 Å². The molecule has 0 aromatic carbocycles. The van der Waals surface area contributed by atoms with E-state index >= 15 is 0 Å². The van der Waals surface area contributed by atoms with E-state index in [0.717, 1.165) is 32.1 Å². The van der Waals surface area contributed by atoms with Crippen molar-refractivity contribution in [3.05, 3.63) is 22.8 Å². The maximum Gasteiger partial charge on any atom is 0.155 e. The van der Waals surface area contributed by atoms with Crippen molar-refractivity contribution in [3.63, 3.8) is 0 Å². The van der Waals surface area contributed by atoms with Gasteiger partial charge in [-0.25, -0.2) is 0 Å². The van der Waals surface area contributed by atoms with Crippen LogP contribution in [0.5, 0.6) is 0 Å². The summed E-state index contributed by atoms with van der Waals surface area (Å²) in [7, 11) is 0. The zero-order valence-electron chi connectivity index (χ0n) is 14.8. The van der Waals surface area contributed by atoms with Crippen LogP contribution in [-0.2, 0) is 4.79 Å². The quantitative estimate of drug-likeness (QED) is 0.727. The summed E-state index contributed by atoms with van der Waals surface area (Å²) in [6.45, 7) is 6.81. The minimum absolute atomic E-state index is 0.0696. The number of hydrogen-bond donors (Lipinski definition) is 1. The third-order valence-electron chi connectivity index (χ3n) is 7.69. The van der Waals surface area contributed by atoms with E-state index in [0.29, 0.717) is 29.5 Å². The number of carbonyl (C=O) groups excluding carboxylic acids is 1. The lowest BCUT2D eigenvalue weighted by molar-refractivity contribution is -0.117. The van der Waals surface area contributed by atoms with E-state index in [9.17, 15) is 9.90 Å². The number of allylic oxidation sites excluding steroid dienone is 2. The molecule has 0 aromatic heterocycles. The number of aliphatic hydroxyl groups is 1. The number of carbonyl (C=O) groups is 1. The average Bonchev–Trinajstić information content (AvgIpc) is 2.77. The lowest BCUT2D eigenvalue weighted by Gasteiger charge is -2.53. The maximum atomic E-state index is 11.9. The van der Waals surface area contributed by atoms with Crippen LogP contribution in [0.2, 0.25) is 0 Å². The van der Waals surface area contributed by atoms with Crippen molar-refractivity contribution in [2.45, 2.75) is 71.8 Å². The Kier molecular flexibility index (Phi) is 3.61. The average molecular weight is 314 g/mol. The summed E-state index contributed by atoms with van der Waals surface area (Å²) in [4.78, 5) is 11.9. The summed E-state index contributed by atoms with van der Waals surface area (Å²) < 4.78 is 0. The SMILES string of the molecule is CC[C@]12CC[C@@H]3[C@@H]4C(=CC(=O)CC4C)CC[C@H]3C1=C(C)CC2O. The molecule has 0 aliphatic heterocycles. The van der Waals surface area contributed by atoms with Gasteiger partial charge in [0.25, 0.3) is 0 Å². The van der Waals surface area contributed by atoms with Crippen molar-refractivity contribution < 1.29 is 9.90 Å².